The van der Waals surface area contributed by atoms with Crippen LogP contribution in [-0.4, -0.2) is 35.9 Å². The summed E-state index contributed by atoms with van der Waals surface area (Å²) in [5.74, 6) is 0.509. The quantitative estimate of drug-likeness (QED) is 0.593. The molecule has 2 aromatic carbocycles. The number of aromatic nitrogens is 1. The Balaban J connectivity index is 2.02. The van der Waals surface area contributed by atoms with Gasteiger partial charge in [0.05, 0.1) is 10.4 Å². The molecule has 6 nitrogen and oxygen atoms in total. The maximum Gasteiger partial charge on any atom is 0.268 e. The molecule has 0 amide bonds. The number of fused-ring (bicyclic) bond motifs is 1. The highest BCUT2D eigenvalue weighted by atomic mass is 32.2. The van der Waals surface area contributed by atoms with Crippen LogP contribution in [0.3, 0.4) is 0 Å². The van der Waals surface area contributed by atoms with E-state index in [-0.39, 0.29) is 10.9 Å². The molecule has 3 rings (SSSR count). The Labute approximate surface area is 165 Å². The normalized spacial score (nSPS) is 14.4. The van der Waals surface area contributed by atoms with Crippen LogP contribution in [0.2, 0.25) is 0 Å². The van der Waals surface area contributed by atoms with E-state index in [0.717, 1.165) is 5.56 Å². The summed E-state index contributed by atoms with van der Waals surface area (Å²) in [5.41, 5.74) is 1.51. The number of ether oxygens (including phenoxy) is 1. The van der Waals surface area contributed by atoms with Gasteiger partial charge in [-0.15, -0.1) is 0 Å². The zero-order chi connectivity index (χ0) is 20.5. The highest BCUT2D eigenvalue weighted by Crippen LogP contribution is 2.30. The van der Waals surface area contributed by atoms with Crippen molar-refractivity contribution in [3.05, 3.63) is 60.3 Å². The Kier molecular flexibility index (Phi) is 5.79. The second kappa shape index (κ2) is 7.95. The first-order chi connectivity index (χ1) is 13.2. The van der Waals surface area contributed by atoms with Gasteiger partial charge in [0.2, 0.25) is 0 Å². The largest absolute Gasteiger partial charge is 0.472 e. The van der Waals surface area contributed by atoms with Gasteiger partial charge in [-0.25, -0.2) is 12.4 Å². The van der Waals surface area contributed by atoms with Crippen molar-refractivity contribution < 1.29 is 18.3 Å². The van der Waals surface area contributed by atoms with E-state index in [9.17, 15) is 13.5 Å². The number of aliphatic hydroxyl groups excluding tert-OH is 1. The van der Waals surface area contributed by atoms with Gasteiger partial charge in [-0.3, -0.25) is 5.32 Å². The number of aliphatic hydroxyl groups is 1. The Hall–Kier alpha value is -2.35. The van der Waals surface area contributed by atoms with Crippen LogP contribution < -0.4 is 10.1 Å². The van der Waals surface area contributed by atoms with E-state index in [1.54, 1.807) is 55.5 Å². The lowest BCUT2D eigenvalue weighted by molar-refractivity contribution is 0.0228. The van der Waals surface area contributed by atoms with Gasteiger partial charge in [0.1, 0.15) is 11.9 Å². The summed E-state index contributed by atoms with van der Waals surface area (Å²) < 4.78 is 33.4. The van der Waals surface area contributed by atoms with Gasteiger partial charge in [0.15, 0.2) is 6.23 Å². The lowest BCUT2D eigenvalue weighted by atomic mass is 10.2. The van der Waals surface area contributed by atoms with E-state index in [1.807, 2.05) is 20.8 Å². The van der Waals surface area contributed by atoms with Crippen LogP contribution in [0.4, 0.5) is 0 Å². The fourth-order valence-electron chi connectivity index (χ4n) is 2.99. The molecule has 150 valence electrons. The zero-order valence-corrected chi connectivity index (χ0v) is 17.3. The van der Waals surface area contributed by atoms with Gasteiger partial charge in [0.25, 0.3) is 10.0 Å². The van der Waals surface area contributed by atoms with E-state index < -0.39 is 22.4 Å². The first kappa shape index (κ1) is 20.4. The predicted octanol–water partition coefficient (Wildman–Crippen LogP) is 3.27. The average Bonchev–Trinajstić information content (AvgIpc) is 3.07. The molecule has 0 bridgehead atoms. The lowest BCUT2D eigenvalue weighted by Crippen LogP contribution is -2.46. The number of benzene rings is 2. The smallest absolute Gasteiger partial charge is 0.268 e. The topological polar surface area (TPSA) is 80.6 Å². The van der Waals surface area contributed by atoms with Gasteiger partial charge >= 0.3 is 0 Å². The van der Waals surface area contributed by atoms with Crippen LogP contribution >= 0.6 is 0 Å². The standard InChI is InChI=1S/C21H26N2O4S/c1-14(2)22-21(16(4)24)27-20-7-5-6-19-18(20)12-13-23(19)28(25,26)17-10-8-15(3)9-11-17/h5-14,16,21-22,24H,1-4H3. The molecule has 1 heterocycles. The third-order valence-corrected chi connectivity index (χ3v) is 6.13. The van der Waals surface area contributed by atoms with E-state index in [1.165, 1.54) is 10.2 Å². The molecule has 0 radical (unpaired) electrons. The van der Waals surface area contributed by atoms with Crippen LogP contribution in [0.5, 0.6) is 5.75 Å². The SMILES string of the molecule is Cc1ccc(S(=O)(=O)n2ccc3c(OC(NC(C)C)C(C)O)cccc32)cc1. The maximum atomic E-state index is 13.1. The summed E-state index contributed by atoms with van der Waals surface area (Å²) in [6.45, 7) is 7.48. The van der Waals surface area contributed by atoms with Crippen molar-refractivity contribution in [2.75, 3.05) is 0 Å². The maximum absolute atomic E-state index is 13.1. The lowest BCUT2D eigenvalue weighted by Gasteiger charge is -2.25. The summed E-state index contributed by atoms with van der Waals surface area (Å²) in [4.78, 5) is 0.227. The fraction of sp³-hybridized carbons (Fsp3) is 0.333. The molecule has 0 aliphatic rings. The highest BCUT2D eigenvalue weighted by molar-refractivity contribution is 7.90. The Morgan fingerprint density at radius 2 is 1.71 bits per heavy atom. The minimum Gasteiger partial charge on any atom is -0.472 e. The third-order valence-electron chi connectivity index (χ3n) is 4.42. The van der Waals surface area contributed by atoms with Crippen molar-refractivity contribution >= 4 is 20.9 Å². The second-order valence-corrected chi connectivity index (χ2v) is 9.03. The van der Waals surface area contributed by atoms with Gasteiger partial charge < -0.3 is 9.84 Å². The molecule has 0 fully saturated rings. The van der Waals surface area contributed by atoms with E-state index in [0.29, 0.717) is 16.7 Å². The van der Waals surface area contributed by atoms with E-state index in [2.05, 4.69) is 5.32 Å². The number of nitrogens with zero attached hydrogens (tertiary/aromatic N) is 1. The molecular formula is C21H26N2O4S. The Bertz CT molecular complexity index is 1050. The van der Waals surface area contributed by atoms with Crippen molar-refractivity contribution in [1.82, 2.24) is 9.29 Å². The molecule has 2 unspecified atom stereocenters. The molecule has 0 spiro atoms. The Morgan fingerprint density at radius 3 is 2.32 bits per heavy atom. The summed E-state index contributed by atoms with van der Waals surface area (Å²) in [5, 5.41) is 13.8. The Morgan fingerprint density at radius 1 is 1.04 bits per heavy atom. The molecule has 0 saturated carbocycles. The molecule has 1 aromatic heterocycles. The fourth-order valence-corrected chi connectivity index (χ4v) is 4.33. The molecule has 0 aliphatic heterocycles. The average molecular weight is 403 g/mol. The molecular weight excluding hydrogens is 376 g/mol. The molecule has 2 N–H and O–H groups in total. The van der Waals surface area contributed by atoms with Crippen LogP contribution in [0.1, 0.15) is 26.3 Å². The van der Waals surface area contributed by atoms with Gasteiger partial charge in [-0.1, -0.05) is 23.8 Å². The summed E-state index contributed by atoms with van der Waals surface area (Å²) >= 11 is 0. The van der Waals surface area contributed by atoms with Crippen molar-refractivity contribution in [3.63, 3.8) is 0 Å². The van der Waals surface area contributed by atoms with Crippen LogP contribution in [0.25, 0.3) is 10.9 Å². The van der Waals surface area contributed by atoms with Crippen LogP contribution in [0.15, 0.2) is 59.6 Å². The van der Waals surface area contributed by atoms with Crippen LogP contribution in [0, 0.1) is 6.92 Å². The number of hydrogen-bond donors (Lipinski definition) is 2. The summed E-state index contributed by atoms with van der Waals surface area (Å²) in [7, 11) is -3.72. The van der Waals surface area contributed by atoms with Gasteiger partial charge in [-0.05, 0) is 58.0 Å². The number of rotatable bonds is 7. The summed E-state index contributed by atoms with van der Waals surface area (Å²) in [6, 6.07) is 13.8. The number of aryl methyl sites for hydroxylation is 1. The molecule has 0 saturated heterocycles. The summed E-state index contributed by atoms with van der Waals surface area (Å²) in [6.07, 6.45) is 0.179. The molecule has 7 heteroatoms. The van der Waals surface area contributed by atoms with E-state index in [4.69, 9.17) is 4.74 Å². The van der Waals surface area contributed by atoms with Crippen LogP contribution in [-0.2, 0) is 10.0 Å². The molecule has 28 heavy (non-hydrogen) atoms. The minimum absolute atomic E-state index is 0.116. The first-order valence-corrected chi connectivity index (χ1v) is 10.7. The highest BCUT2D eigenvalue weighted by Gasteiger charge is 2.22. The van der Waals surface area contributed by atoms with E-state index >= 15 is 0 Å². The second-order valence-electron chi connectivity index (χ2n) is 7.22. The monoisotopic (exact) mass is 402 g/mol. The minimum atomic E-state index is -3.72. The first-order valence-electron chi connectivity index (χ1n) is 9.23. The van der Waals surface area contributed by atoms with Crippen molar-refractivity contribution in [1.29, 1.82) is 0 Å². The van der Waals surface area contributed by atoms with Crippen molar-refractivity contribution in [2.45, 2.75) is 51.0 Å². The van der Waals surface area contributed by atoms with Crippen molar-refractivity contribution in [2.24, 2.45) is 0 Å². The molecule has 3 aromatic rings. The molecule has 2 atom stereocenters. The number of nitrogens with one attached hydrogen (secondary N) is 1. The van der Waals surface area contributed by atoms with Gasteiger partial charge in [0, 0.05) is 17.6 Å². The predicted molar refractivity (Wildman–Crippen MR) is 110 cm³/mol. The third kappa shape index (κ3) is 4.06. The molecule has 0 aliphatic carbocycles. The van der Waals surface area contributed by atoms with Gasteiger partial charge in [-0.2, -0.15) is 0 Å². The van der Waals surface area contributed by atoms with Crippen molar-refractivity contribution in [3.8, 4) is 5.75 Å². The zero-order valence-electron chi connectivity index (χ0n) is 16.5. The number of hydrogen-bond acceptors (Lipinski definition) is 5.